The summed E-state index contributed by atoms with van der Waals surface area (Å²) in [7, 11) is 1.59. The molecule has 0 amide bonds. The fourth-order valence-electron chi connectivity index (χ4n) is 1.43. The maximum absolute atomic E-state index is 5.73. The molecule has 0 aliphatic heterocycles. The maximum atomic E-state index is 5.73. The summed E-state index contributed by atoms with van der Waals surface area (Å²) < 4.78 is 6.88. The number of anilines is 1. The highest BCUT2D eigenvalue weighted by Gasteiger charge is 2.08. The summed E-state index contributed by atoms with van der Waals surface area (Å²) in [4.78, 5) is 8.47. The summed E-state index contributed by atoms with van der Waals surface area (Å²) >= 11 is 0. The standard InChI is InChI=1S/C9H12N4O/c1-3-13-8-6(11-9(13)10)4-5-7(12-8)14-2/h4-5H,3H2,1-2H3,(H2,10,11). The van der Waals surface area contributed by atoms with Gasteiger partial charge in [0.1, 0.15) is 5.52 Å². The second-order valence-electron chi connectivity index (χ2n) is 2.91. The molecular weight excluding hydrogens is 180 g/mol. The first-order valence-corrected chi connectivity index (χ1v) is 4.43. The molecule has 0 saturated carbocycles. The van der Waals surface area contributed by atoms with Crippen molar-refractivity contribution in [3.8, 4) is 5.88 Å². The summed E-state index contributed by atoms with van der Waals surface area (Å²) in [5, 5.41) is 0. The lowest BCUT2D eigenvalue weighted by Gasteiger charge is -2.01. The zero-order chi connectivity index (χ0) is 10.1. The number of fused-ring (bicyclic) bond motifs is 1. The molecule has 2 rings (SSSR count). The van der Waals surface area contributed by atoms with Crippen molar-refractivity contribution in [2.24, 2.45) is 0 Å². The monoisotopic (exact) mass is 192 g/mol. The van der Waals surface area contributed by atoms with Crippen molar-refractivity contribution in [3.05, 3.63) is 12.1 Å². The molecule has 0 radical (unpaired) electrons. The van der Waals surface area contributed by atoms with E-state index in [0.29, 0.717) is 11.8 Å². The van der Waals surface area contributed by atoms with Gasteiger partial charge >= 0.3 is 0 Å². The first-order chi connectivity index (χ1) is 6.76. The van der Waals surface area contributed by atoms with Gasteiger partial charge in [0.05, 0.1) is 7.11 Å². The minimum atomic E-state index is 0.489. The fourth-order valence-corrected chi connectivity index (χ4v) is 1.43. The van der Waals surface area contributed by atoms with Crippen LogP contribution in [0.1, 0.15) is 6.92 Å². The van der Waals surface area contributed by atoms with E-state index < -0.39 is 0 Å². The molecule has 2 N–H and O–H groups in total. The number of methoxy groups -OCH3 is 1. The number of hydrogen-bond acceptors (Lipinski definition) is 4. The van der Waals surface area contributed by atoms with Crippen LogP contribution in [-0.2, 0) is 6.54 Å². The average Bonchev–Trinajstić information content (AvgIpc) is 2.52. The number of nitrogens with zero attached hydrogens (tertiary/aromatic N) is 3. The number of aryl methyl sites for hydroxylation is 1. The van der Waals surface area contributed by atoms with Crippen LogP contribution < -0.4 is 10.5 Å². The zero-order valence-electron chi connectivity index (χ0n) is 8.19. The lowest BCUT2D eigenvalue weighted by molar-refractivity contribution is 0.399. The minimum Gasteiger partial charge on any atom is -0.481 e. The van der Waals surface area contributed by atoms with E-state index in [0.717, 1.165) is 17.7 Å². The van der Waals surface area contributed by atoms with Gasteiger partial charge in [-0.05, 0) is 13.0 Å². The normalized spacial score (nSPS) is 10.7. The first kappa shape index (κ1) is 8.80. The molecular formula is C9H12N4O. The molecule has 0 spiro atoms. The summed E-state index contributed by atoms with van der Waals surface area (Å²) in [5.41, 5.74) is 7.29. The summed E-state index contributed by atoms with van der Waals surface area (Å²) in [6, 6.07) is 3.62. The lowest BCUT2D eigenvalue weighted by atomic mass is 10.4. The molecule has 5 nitrogen and oxygen atoms in total. The van der Waals surface area contributed by atoms with Crippen molar-refractivity contribution < 1.29 is 4.74 Å². The van der Waals surface area contributed by atoms with Crippen LogP contribution >= 0.6 is 0 Å². The predicted molar refractivity (Wildman–Crippen MR) is 54.2 cm³/mol. The average molecular weight is 192 g/mol. The molecule has 0 fully saturated rings. The van der Waals surface area contributed by atoms with Gasteiger partial charge in [0.25, 0.3) is 0 Å². The highest BCUT2D eigenvalue weighted by molar-refractivity contribution is 5.74. The Labute approximate surface area is 81.5 Å². The number of ether oxygens (including phenoxy) is 1. The smallest absolute Gasteiger partial charge is 0.215 e. The molecule has 74 valence electrons. The van der Waals surface area contributed by atoms with E-state index in [-0.39, 0.29) is 0 Å². The lowest BCUT2D eigenvalue weighted by Crippen LogP contribution is -2.01. The number of pyridine rings is 1. The Bertz CT molecular complexity index is 463. The molecule has 0 bridgehead atoms. The Morgan fingerprint density at radius 2 is 2.21 bits per heavy atom. The molecule has 0 saturated heterocycles. The van der Waals surface area contributed by atoms with Crippen molar-refractivity contribution in [2.75, 3.05) is 12.8 Å². The number of aromatic nitrogens is 3. The number of nitrogens with two attached hydrogens (primary N) is 1. The third-order valence-corrected chi connectivity index (χ3v) is 2.12. The van der Waals surface area contributed by atoms with Gasteiger partial charge in [0.2, 0.25) is 11.8 Å². The molecule has 0 unspecified atom stereocenters. The Hall–Kier alpha value is -1.78. The van der Waals surface area contributed by atoms with Gasteiger partial charge < -0.3 is 10.5 Å². The van der Waals surface area contributed by atoms with E-state index in [1.54, 1.807) is 13.2 Å². The SMILES string of the molecule is CCn1c(N)nc2ccc(OC)nc21. The Morgan fingerprint density at radius 1 is 1.43 bits per heavy atom. The van der Waals surface area contributed by atoms with E-state index in [4.69, 9.17) is 10.5 Å². The van der Waals surface area contributed by atoms with Gasteiger partial charge in [-0.15, -0.1) is 0 Å². The van der Waals surface area contributed by atoms with Gasteiger partial charge in [0.15, 0.2) is 5.65 Å². The molecule has 2 heterocycles. The van der Waals surface area contributed by atoms with E-state index in [1.807, 2.05) is 17.6 Å². The predicted octanol–water partition coefficient (Wildman–Crippen LogP) is 1.04. The van der Waals surface area contributed by atoms with Crippen LogP contribution in [0.15, 0.2) is 12.1 Å². The second kappa shape index (κ2) is 3.17. The van der Waals surface area contributed by atoms with Gasteiger partial charge in [-0.2, -0.15) is 4.98 Å². The van der Waals surface area contributed by atoms with Crippen molar-refractivity contribution in [3.63, 3.8) is 0 Å². The topological polar surface area (TPSA) is 66.0 Å². The van der Waals surface area contributed by atoms with Gasteiger partial charge in [-0.3, -0.25) is 4.57 Å². The van der Waals surface area contributed by atoms with E-state index >= 15 is 0 Å². The van der Waals surface area contributed by atoms with Crippen LogP contribution in [0.5, 0.6) is 5.88 Å². The molecule has 0 aliphatic rings. The summed E-state index contributed by atoms with van der Waals surface area (Å²) in [6.07, 6.45) is 0. The highest BCUT2D eigenvalue weighted by atomic mass is 16.5. The van der Waals surface area contributed by atoms with Crippen LogP contribution in [0.4, 0.5) is 5.95 Å². The Morgan fingerprint density at radius 3 is 2.86 bits per heavy atom. The molecule has 0 atom stereocenters. The number of rotatable bonds is 2. The fraction of sp³-hybridized carbons (Fsp3) is 0.333. The zero-order valence-corrected chi connectivity index (χ0v) is 8.19. The van der Waals surface area contributed by atoms with Crippen LogP contribution in [0.3, 0.4) is 0 Å². The molecule has 2 aromatic rings. The molecule has 0 aromatic carbocycles. The van der Waals surface area contributed by atoms with Crippen molar-refractivity contribution in [1.29, 1.82) is 0 Å². The number of hydrogen-bond donors (Lipinski definition) is 1. The largest absolute Gasteiger partial charge is 0.481 e. The van der Waals surface area contributed by atoms with Crippen LogP contribution in [0.25, 0.3) is 11.2 Å². The van der Waals surface area contributed by atoms with E-state index in [1.165, 1.54) is 0 Å². The quantitative estimate of drug-likeness (QED) is 0.772. The van der Waals surface area contributed by atoms with Gasteiger partial charge in [0, 0.05) is 12.6 Å². The van der Waals surface area contributed by atoms with Crippen LogP contribution in [0, 0.1) is 0 Å². The van der Waals surface area contributed by atoms with Crippen LogP contribution in [0.2, 0.25) is 0 Å². The highest BCUT2D eigenvalue weighted by Crippen LogP contribution is 2.18. The third-order valence-electron chi connectivity index (χ3n) is 2.12. The number of nitrogen functional groups attached to an aromatic ring is 1. The molecule has 0 aliphatic carbocycles. The van der Waals surface area contributed by atoms with E-state index in [2.05, 4.69) is 9.97 Å². The second-order valence-corrected chi connectivity index (χ2v) is 2.91. The maximum Gasteiger partial charge on any atom is 0.215 e. The minimum absolute atomic E-state index is 0.489. The summed E-state index contributed by atoms with van der Waals surface area (Å²) in [6.45, 7) is 2.75. The van der Waals surface area contributed by atoms with Crippen molar-refractivity contribution in [1.82, 2.24) is 14.5 Å². The van der Waals surface area contributed by atoms with Crippen LogP contribution in [-0.4, -0.2) is 21.6 Å². The summed E-state index contributed by atoms with van der Waals surface area (Å²) in [5.74, 6) is 1.07. The first-order valence-electron chi connectivity index (χ1n) is 4.43. The van der Waals surface area contributed by atoms with Crippen molar-refractivity contribution >= 4 is 17.1 Å². The molecule has 5 heteroatoms. The Kier molecular flexibility index (Phi) is 1.99. The number of imidazole rings is 1. The molecule has 14 heavy (non-hydrogen) atoms. The third kappa shape index (κ3) is 1.17. The van der Waals surface area contributed by atoms with E-state index in [9.17, 15) is 0 Å². The Balaban J connectivity index is 2.71. The molecule has 2 aromatic heterocycles. The van der Waals surface area contributed by atoms with Crippen molar-refractivity contribution in [2.45, 2.75) is 13.5 Å². The van der Waals surface area contributed by atoms with Gasteiger partial charge in [-0.25, -0.2) is 4.98 Å². The van der Waals surface area contributed by atoms with Gasteiger partial charge in [-0.1, -0.05) is 0 Å².